The molecule has 0 spiro atoms. The summed E-state index contributed by atoms with van der Waals surface area (Å²) in [6, 6.07) is 13.4. The van der Waals surface area contributed by atoms with Crippen LogP contribution in [0.1, 0.15) is 16.6 Å². The monoisotopic (exact) mass is 274 g/mol. The highest BCUT2D eigenvalue weighted by atomic mass is 35.5. The van der Waals surface area contributed by atoms with Crippen molar-refractivity contribution in [1.82, 2.24) is 19.8 Å². The van der Waals surface area contributed by atoms with E-state index in [2.05, 4.69) is 15.3 Å². The fourth-order valence-electron chi connectivity index (χ4n) is 1.91. The highest BCUT2D eigenvalue weighted by Crippen LogP contribution is 2.23. The summed E-state index contributed by atoms with van der Waals surface area (Å²) in [5.74, 6) is 0. The quantitative estimate of drug-likeness (QED) is 0.743. The molecule has 2 aromatic heterocycles. The molecule has 0 aliphatic rings. The largest absolute Gasteiger partial charge is 0.364 e. The number of hydrogen-bond acceptors (Lipinski definition) is 3. The van der Waals surface area contributed by atoms with Crippen LogP contribution in [0.2, 0.25) is 0 Å². The van der Waals surface area contributed by atoms with Crippen LogP contribution in [0.15, 0.2) is 47.3 Å². The van der Waals surface area contributed by atoms with E-state index in [1.54, 1.807) is 6.07 Å². The van der Waals surface area contributed by atoms with Gasteiger partial charge in [-0.05, 0) is 17.7 Å². The van der Waals surface area contributed by atoms with Crippen molar-refractivity contribution in [3.8, 4) is 0 Å². The van der Waals surface area contributed by atoms with Crippen LogP contribution in [0.3, 0.4) is 0 Å². The third-order valence-corrected chi connectivity index (χ3v) is 3.28. The van der Waals surface area contributed by atoms with Crippen molar-refractivity contribution in [3.05, 3.63) is 64.2 Å². The van der Waals surface area contributed by atoms with Crippen molar-refractivity contribution in [3.63, 3.8) is 0 Å². The third-order valence-electron chi connectivity index (χ3n) is 2.88. The Morgan fingerprint density at radius 2 is 2.00 bits per heavy atom. The molecule has 5 nitrogen and oxygen atoms in total. The highest BCUT2D eigenvalue weighted by Gasteiger charge is 2.11. The number of halogens is 1. The van der Waals surface area contributed by atoms with E-state index in [0.717, 1.165) is 11.3 Å². The molecule has 0 aliphatic heterocycles. The Morgan fingerprint density at radius 1 is 1.21 bits per heavy atom. The average molecular weight is 275 g/mol. The molecular weight excluding hydrogens is 264 g/mol. The van der Waals surface area contributed by atoms with E-state index in [-0.39, 0.29) is 11.1 Å². The molecule has 0 aliphatic carbocycles. The van der Waals surface area contributed by atoms with Gasteiger partial charge in [0.15, 0.2) is 5.65 Å². The Balaban J connectivity index is 1.89. The summed E-state index contributed by atoms with van der Waals surface area (Å²) in [5.41, 5.74) is 1.94. The maximum atomic E-state index is 11.4. The fourth-order valence-corrected chi connectivity index (χ4v) is 2.22. The Kier molecular flexibility index (Phi) is 3.05. The van der Waals surface area contributed by atoms with Crippen LogP contribution in [0.25, 0.3) is 5.65 Å². The van der Waals surface area contributed by atoms with E-state index in [9.17, 15) is 4.79 Å². The number of fused-ring (bicyclic) bond motifs is 1. The summed E-state index contributed by atoms with van der Waals surface area (Å²) in [7, 11) is 0. The van der Waals surface area contributed by atoms with Crippen LogP contribution in [-0.2, 0) is 6.42 Å². The fraction of sp³-hybridized carbons (Fsp3) is 0.154. The number of benzene rings is 1. The SMILES string of the molecule is O=c1[nH]nc2ccc(CC(Cl)c3ccccc3)nn12. The summed E-state index contributed by atoms with van der Waals surface area (Å²) in [4.78, 5) is 11.4. The van der Waals surface area contributed by atoms with Gasteiger partial charge in [0.25, 0.3) is 0 Å². The van der Waals surface area contributed by atoms with Crippen molar-refractivity contribution in [2.75, 3.05) is 0 Å². The van der Waals surface area contributed by atoms with Crippen LogP contribution in [-0.4, -0.2) is 19.8 Å². The van der Waals surface area contributed by atoms with Crippen LogP contribution < -0.4 is 5.69 Å². The number of alkyl halides is 1. The van der Waals surface area contributed by atoms with Gasteiger partial charge < -0.3 is 0 Å². The van der Waals surface area contributed by atoms with Gasteiger partial charge in [-0.15, -0.1) is 11.6 Å². The third kappa shape index (κ3) is 2.37. The summed E-state index contributed by atoms with van der Waals surface area (Å²) >= 11 is 6.35. The molecule has 19 heavy (non-hydrogen) atoms. The summed E-state index contributed by atoms with van der Waals surface area (Å²) in [5, 5.41) is 10.2. The van der Waals surface area contributed by atoms with Gasteiger partial charge in [-0.2, -0.15) is 14.7 Å². The number of nitrogens with zero attached hydrogens (tertiary/aromatic N) is 3. The second-order valence-electron chi connectivity index (χ2n) is 4.21. The molecule has 2 heterocycles. The first kappa shape index (κ1) is 11.9. The van der Waals surface area contributed by atoms with Crippen molar-refractivity contribution < 1.29 is 0 Å². The highest BCUT2D eigenvalue weighted by molar-refractivity contribution is 6.20. The van der Waals surface area contributed by atoms with E-state index in [1.807, 2.05) is 36.4 Å². The smallest absolute Gasteiger partial charge is 0.244 e. The molecule has 96 valence electrons. The number of aromatic nitrogens is 4. The average Bonchev–Trinajstić information content (AvgIpc) is 2.81. The molecule has 0 saturated carbocycles. The van der Waals surface area contributed by atoms with Gasteiger partial charge in [0.2, 0.25) is 0 Å². The summed E-state index contributed by atoms with van der Waals surface area (Å²) < 4.78 is 1.24. The second-order valence-corrected chi connectivity index (χ2v) is 4.73. The minimum Gasteiger partial charge on any atom is -0.244 e. The topological polar surface area (TPSA) is 63.0 Å². The van der Waals surface area contributed by atoms with Crippen molar-refractivity contribution in [2.24, 2.45) is 0 Å². The van der Waals surface area contributed by atoms with E-state index in [0.29, 0.717) is 12.1 Å². The molecule has 0 bridgehead atoms. The van der Waals surface area contributed by atoms with Crippen molar-refractivity contribution >= 4 is 17.2 Å². The Labute approximate surface area is 113 Å². The van der Waals surface area contributed by atoms with Gasteiger partial charge in [0, 0.05) is 6.42 Å². The predicted octanol–water partition coefficient (Wildman–Crippen LogP) is 1.94. The lowest BCUT2D eigenvalue weighted by Crippen LogP contribution is -2.14. The second kappa shape index (κ2) is 4.85. The minimum absolute atomic E-state index is 0.172. The molecule has 0 saturated heterocycles. The minimum atomic E-state index is -0.345. The number of H-pyrrole nitrogens is 1. The molecule has 0 amide bonds. The lowest BCUT2D eigenvalue weighted by molar-refractivity contribution is 0.789. The van der Waals surface area contributed by atoms with Gasteiger partial charge in [-0.3, -0.25) is 0 Å². The summed E-state index contributed by atoms with van der Waals surface area (Å²) in [6.07, 6.45) is 0.555. The van der Waals surface area contributed by atoms with Gasteiger partial charge in [-0.25, -0.2) is 9.89 Å². The molecule has 3 aromatic rings. The first-order valence-corrected chi connectivity index (χ1v) is 6.30. The molecule has 0 fully saturated rings. The Morgan fingerprint density at radius 3 is 2.79 bits per heavy atom. The Bertz CT molecular complexity index is 750. The van der Waals surface area contributed by atoms with Crippen LogP contribution in [0, 0.1) is 0 Å². The first-order chi connectivity index (χ1) is 9.24. The zero-order valence-corrected chi connectivity index (χ0v) is 10.7. The molecule has 1 aromatic carbocycles. The predicted molar refractivity (Wildman–Crippen MR) is 72.3 cm³/mol. The van der Waals surface area contributed by atoms with Crippen LogP contribution >= 0.6 is 11.6 Å². The number of nitrogens with one attached hydrogen (secondary N) is 1. The number of rotatable bonds is 3. The van der Waals surface area contributed by atoms with Gasteiger partial charge in [-0.1, -0.05) is 30.3 Å². The standard InChI is InChI=1S/C13H11ClN4O/c14-11(9-4-2-1-3-5-9)8-10-6-7-12-15-16-13(19)18(12)17-10/h1-7,11H,8H2,(H,16,19). The molecule has 0 radical (unpaired) electrons. The van der Waals surface area contributed by atoms with Gasteiger partial charge in [0.05, 0.1) is 11.1 Å². The summed E-state index contributed by atoms with van der Waals surface area (Å²) in [6.45, 7) is 0. The molecule has 6 heteroatoms. The molecule has 3 rings (SSSR count). The van der Waals surface area contributed by atoms with E-state index in [4.69, 9.17) is 11.6 Å². The zero-order chi connectivity index (χ0) is 13.2. The molecule has 1 atom stereocenters. The zero-order valence-electron chi connectivity index (χ0n) is 9.95. The lowest BCUT2D eigenvalue weighted by Gasteiger charge is -2.08. The van der Waals surface area contributed by atoms with Gasteiger partial charge in [0.1, 0.15) is 0 Å². The van der Waals surface area contributed by atoms with E-state index < -0.39 is 0 Å². The molecular formula is C13H11ClN4O. The van der Waals surface area contributed by atoms with Crippen LogP contribution in [0.4, 0.5) is 0 Å². The van der Waals surface area contributed by atoms with Crippen molar-refractivity contribution in [1.29, 1.82) is 0 Å². The lowest BCUT2D eigenvalue weighted by atomic mass is 10.1. The maximum absolute atomic E-state index is 11.4. The Hall–Kier alpha value is -2.14. The molecule has 1 N–H and O–H groups in total. The van der Waals surface area contributed by atoms with Gasteiger partial charge >= 0.3 is 5.69 Å². The van der Waals surface area contributed by atoms with Crippen molar-refractivity contribution in [2.45, 2.75) is 11.8 Å². The van der Waals surface area contributed by atoms with Crippen LogP contribution in [0.5, 0.6) is 0 Å². The number of aromatic amines is 1. The first-order valence-electron chi connectivity index (χ1n) is 5.86. The molecule has 1 unspecified atom stereocenters. The van der Waals surface area contributed by atoms with E-state index >= 15 is 0 Å². The normalized spacial score (nSPS) is 12.7. The van der Waals surface area contributed by atoms with E-state index in [1.165, 1.54) is 4.52 Å². The number of hydrogen-bond donors (Lipinski definition) is 1. The maximum Gasteiger partial charge on any atom is 0.364 e.